The van der Waals surface area contributed by atoms with Crippen molar-refractivity contribution >= 4 is 61.4 Å². The summed E-state index contributed by atoms with van der Waals surface area (Å²) in [7, 11) is 0. The van der Waals surface area contributed by atoms with Crippen molar-refractivity contribution in [3.63, 3.8) is 0 Å². The van der Waals surface area contributed by atoms with Gasteiger partial charge in [-0.3, -0.25) is 0 Å². The molecule has 9 aromatic carbocycles. The highest BCUT2D eigenvalue weighted by atomic mass is 15.0. The molecular weight excluding hydrogens is 825 g/mol. The molecule has 68 heavy (non-hydrogen) atoms. The van der Waals surface area contributed by atoms with Crippen molar-refractivity contribution in [1.82, 2.24) is 9.13 Å². The van der Waals surface area contributed by atoms with Gasteiger partial charge in [0.2, 0.25) is 0 Å². The van der Waals surface area contributed by atoms with Crippen LogP contribution in [0.25, 0.3) is 82.9 Å². The number of rotatable bonds is 6. The molecule has 0 saturated carbocycles. The first-order valence-corrected chi connectivity index (χ1v) is 23.6. The minimum atomic E-state index is -0.113. The normalized spacial score (nSPS) is 14.5. The Kier molecular flexibility index (Phi) is 8.72. The van der Waals surface area contributed by atoms with E-state index in [0.717, 1.165) is 28.1 Å². The Morgan fingerprint density at radius 3 is 1.49 bits per heavy atom. The van der Waals surface area contributed by atoms with Gasteiger partial charge in [0.15, 0.2) is 5.84 Å². The molecular formula is C64H48N4. The lowest BCUT2D eigenvalue weighted by atomic mass is 9.82. The quantitative estimate of drug-likeness (QED) is 0.118. The molecule has 0 atom stereocenters. The van der Waals surface area contributed by atoms with Crippen LogP contribution in [0.1, 0.15) is 66.6 Å². The minimum Gasteiger partial charge on any atom is -0.309 e. The summed E-state index contributed by atoms with van der Waals surface area (Å²) in [6.45, 7) is 13.9. The molecule has 2 heterocycles. The Balaban J connectivity index is 0.883. The van der Waals surface area contributed by atoms with Crippen molar-refractivity contribution in [2.75, 3.05) is 0 Å². The molecule has 0 N–H and O–H groups in total. The predicted molar refractivity (Wildman–Crippen MR) is 286 cm³/mol. The molecule has 0 radical (unpaired) electrons. The van der Waals surface area contributed by atoms with Crippen LogP contribution < -0.4 is 0 Å². The highest BCUT2D eigenvalue weighted by Crippen LogP contribution is 2.52. The molecule has 0 spiro atoms. The maximum Gasteiger partial charge on any atom is 0.159 e. The van der Waals surface area contributed by atoms with Crippen LogP contribution in [-0.2, 0) is 10.8 Å². The number of amidine groups is 1. The second-order valence-corrected chi connectivity index (χ2v) is 19.5. The lowest BCUT2D eigenvalue weighted by Crippen LogP contribution is -2.15. The molecule has 324 valence electrons. The molecule has 0 amide bonds. The van der Waals surface area contributed by atoms with E-state index in [2.05, 4.69) is 225 Å². The highest BCUT2D eigenvalue weighted by Gasteiger charge is 2.37. The highest BCUT2D eigenvalue weighted by molar-refractivity contribution is 6.13. The smallest absolute Gasteiger partial charge is 0.159 e. The van der Waals surface area contributed by atoms with Gasteiger partial charge in [-0.15, -0.1) is 0 Å². The molecule has 13 rings (SSSR count). The van der Waals surface area contributed by atoms with Gasteiger partial charge in [-0.25, -0.2) is 9.98 Å². The van der Waals surface area contributed by atoms with Gasteiger partial charge in [0.05, 0.1) is 27.8 Å². The van der Waals surface area contributed by atoms with Crippen LogP contribution in [0.4, 0.5) is 0 Å². The van der Waals surface area contributed by atoms with Crippen molar-refractivity contribution in [3.8, 4) is 33.6 Å². The average molecular weight is 873 g/mol. The molecule has 2 aromatic heterocycles. The Labute approximate surface area is 396 Å². The zero-order valence-electron chi connectivity index (χ0n) is 38.6. The first-order chi connectivity index (χ1) is 33.1. The standard InChI is InChI=1S/C64H48N4/c1-40(43-22-18-24-45(34-43)68-59-32-16-12-28-49(59)53-36-51-47-26-10-14-30-55(47)64(4,5)57(51)38-61(53)68)66-62(42-20-7-6-8-21-42)65-39-41-19-17-23-44(33-41)67-58-31-15-11-27-48(58)52-35-50-46-25-9-13-29-54(46)63(2,3)56(50)37-60(52)67/h6-39H,1H2,2-5H3. The van der Waals surface area contributed by atoms with Crippen molar-refractivity contribution in [2.24, 2.45) is 9.98 Å². The van der Waals surface area contributed by atoms with Crippen LogP contribution in [0.2, 0.25) is 0 Å². The number of hydrogen-bond donors (Lipinski definition) is 0. The van der Waals surface area contributed by atoms with E-state index in [0.29, 0.717) is 11.5 Å². The molecule has 2 aliphatic rings. The van der Waals surface area contributed by atoms with E-state index < -0.39 is 0 Å². The topological polar surface area (TPSA) is 34.6 Å². The van der Waals surface area contributed by atoms with Gasteiger partial charge in [0.25, 0.3) is 0 Å². The lowest BCUT2D eigenvalue weighted by molar-refractivity contribution is 0.661. The van der Waals surface area contributed by atoms with Gasteiger partial charge in [-0.1, -0.05) is 174 Å². The summed E-state index contributed by atoms with van der Waals surface area (Å²) in [4.78, 5) is 10.3. The molecule has 2 aliphatic carbocycles. The van der Waals surface area contributed by atoms with E-state index in [1.165, 1.54) is 88.1 Å². The summed E-state index contributed by atoms with van der Waals surface area (Å²) in [5, 5.41) is 4.97. The minimum absolute atomic E-state index is 0.106. The number of aromatic nitrogens is 2. The summed E-state index contributed by atoms with van der Waals surface area (Å²) in [5.74, 6) is 0.592. The SMILES string of the molecule is C=C(N=C(N=Cc1cccc(-n2c3ccccc3c3cc4c(cc32)C(C)(C)c2ccccc2-4)c1)c1ccccc1)c1cccc(-n2c3ccccc3c3cc4c(cc32)C(C)(C)c2ccccc2-4)c1. The van der Waals surface area contributed by atoms with Crippen LogP contribution in [0, 0.1) is 0 Å². The van der Waals surface area contributed by atoms with Gasteiger partial charge in [-0.05, 0) is 111 Å². The zero-order chi connectivity index (χ0) is 45.9. The van der Waals surface area contributed by atoms with E-state index in [-0.39, 0.29) is 10.8 Å². The van der Waals surface area contributed by atoms with Crippen molar-refractivity contribution < 1.29 is 0 Å². The number of nitrogens with zero attached hydrogens (tertiary/aromatic N) is 4. The zero-order valence-corrected chi connectivity index (χ0v) is 38.6. The molecule has 0 saturated heterocycles. The Morgan fingerprint density at radius 1 is 0.412 bits per heavy atom. The van der Waals surface area contributed by atoms with Crippen LogP contribution in [-0.4, -0.2) is 21.2 Å². The van der Waals surface area contributed by atoms with E-state index >= 15 is 0 Å². The number of hydrogen-bond acceptors (Lipinski definition) is 1. The number of fused-ring (bicyclic) bond motifs is 12. The van der Waals surface area contributed by atoms with Gasteiger partial charge >= 0.3 is 0 Å². The first-order valence-electron chi connectivity index (χ1n) is 23.6. The maximum atomic E-state index is 5.20. The fourth-order valence-electron chi connectivity index (χ4n) is 11.5. The summed E-state index contributed by atoms with van der Waals surface area (Å²) in [5.41, 5.74) is 20.9. The Morgan fingerprint density at radius 2 is 0.897 bits per heavy atom. The third kappa shape index (κ3) is 5.93. The van der Waals surface area contributed by atoms with Gasteiger partial charge in [0.1, 0.15) is 0 Å². The van der Waals surface area contributed by atoms with Crippen molar-refractivity contribution in [2.45, 2.75) is 38.5 Å². The van der Waals surface area contributed by atoms with Crippen LogP contribution in [0.5, 0.6) is 0 Å². The van der Waals surface area contributed by atoms with Crippen LogP contribution >= 0.6 is 0 Å². The summed E-state index contributed by atoms with van der Waals surface area (Å²) >= 11 is 0. The molecule has 4 heteroatoms. The van der Waals surface area contributed by atoms with Crippen molar-refractivity contribution in [1.29, 1.82) is 0 Å². The molecule has 4 nitrogen and oxygen atoms in total. The third-order valence-corrected chi connectivity index (χ3v) is 14.9. The second kappa shape index (κ2) is 14.8. The maximum absolute atomic E-state index is 5.20. The van der Waals surface area contributed by atoms with Gasteiger partial charge in [-0.2, -0.15) is 0 Å². The first kappa shape index (κ1) is 40.0. The lowest BCUT2D eigenvalue weighted by Gasteiger charge is -2.21. The van der Waals surface area contributed by atoms with Crippen molar-refractivity contribution in [3.05, 3.63) is 246 Å². The Bertz CT molecular complexity index is 3980. The molecule has 11 aromatic rings. The second-order valence-electron chi connectivity index (χ2n) is 19.5. The summed E-state index contributed by atoms with van der Waals surface area (Å²) < 4.78 is 4.81. The number of benzene rings is 9. The molecule has 0 bridgehead atoms. The van der Waals surface area contributed by atoms with E-state index in [1.54, 1.807) is 0 Å². The Hall–Kier alpha value is -8.34. The largest absolute Gasteiger partial charge is 0.309 e. The molecule has 0 aliphatic heterocycles. The van der Waals surface area contributed by atoms with E-state index in [9.17, 15) is 0 Å². The predicted octanol–water partition coefficient (Wildman–Crippen LogP) is 16.0. The fraction of sp³-hybridized carbons (Fsp3) is 0.0938. The third-order valence-electron chi connectivity index (χ3n) is 14.9. The summed E-state index contributed by atoms with van der Waals surface area (Å²) in [6, 6.07) is 72.4. The average Bonchev–Trinajstić information content (AvgIpc) is 4.03. The summed E-state index contributed by atoms with van der Waals surface area (Å²) in [6.07, 6.45) is 1.93. The van der Waals surface area contributed by atoms with Gasteiger partial charge < -0.3 is 9.13 Å². The fourth-order valence-corrected chi connectivity index (χ4v) is 11.5. The molecule has 0 unspecified atom stereocenters. The molecule has 0 fully saturated rings. The van der Waals surface area contributed by atoms with E-state index in [4.69, 9.17) is 9.98 Å². The van der Waals surface area contributed by atoms with E-state index in [1.807, 2.05) is 24.4 Å². The number of aliphatic imine (C=N–C) groups is 2. The van der Waals surface area contributed by atoms with Crippen LogP contribution in [0.15, 0.2) is 217 Å². The van der Waals surface area contributed by atoms with Crippen LogP contribution in [0.3, 0.4) is 0 Å². The number of para-hydroxylation sites is 2. The van der Waals surface area contributed by atoms with Gasteiger partial charge in [0, 0.05) is 61.1 Å². The monoisotopic (exact) mass is 872 g/mol.